The van der Waals surface area contributed by atoms with Gasteiger partial charge in [0, 0.05) is 30.9 Å². The van der Waals surface area contributed by atoms with E-state index in [0.29, 0.717) is 17.7 Å². The Labute approximate surface area is 111 Å². The van der Waals surface area contributed by atoms with Gasteiger partial charge in [0.15, 0.2) is 0 Å². The van der Waals surface area contributed by atoms with Crippen molar-refractivity contribution >= 4 is 0 Å². The predicted molar refractivity (Wildman–Crippen MR) is 72.4 cm³/mol. The van der Waals surface area contributed by atoms with Crippen molar-refractivity contribution in [2.24, 2.45) is 12.8 Å². The van der Waals surface area contributed by atoms with Crippen molar-refractivity contribution in [3.63, 3.8) is 0 Å². The number of aryl methyl sites for hydroxylation is 1. The van der Waals surface area contributed by atoms with Crippen molar-refractivity contribution in [1.29, 1.82) is 0 Å². The molecule has 0 spiro atoms. The van der Waals surface area contributed by atoms with E-state index in [9.17, 15) is 4.39 Å². The molecule has 0 amide bonds. The summed E-state index contributed by atoms with van der Waals surface area (Å²) in [5.74, 6) is 0.674. The second kappa shape index (κ2) is 6.15. The molecular weight excluding hydrogens is 245 g/mol. The average molecular weight is 261 g/mol. The SMILES string of the molecule is Cn1cnc(-c2ccc(OC/C(=C/F)CN)cc2)c1. The maximum absolute atomic E-state index is 12.3. The Morgan fingerprint density at radius 3 is 2.68 bits per heavy atom. The lowest BCUT2D eigenvalue weighted by molar-refractivity contribution is 0.347. The number of rotatable bonds is 5. The quantitative estimate of drug-likeness (QED) is 0.898. The van der Waals surface area contributed by atoms with Gasteiger partial charge < -0.3 is 15.0 Å². The second-order valence-corrected chi connectivity index (χ2v) is 4.21. The molecule has 0 aliphatic carbocycles. The minimum Gasteiger partial charge on any atom is -0.489 e. The van der Waals surface area contributed by atoms with Crippen LogP contribution < -0.4 is 10.5 Å². The van der Waals surface area contributed by atoms with Gasteiger partial charge in [-0.15, -0.1) is 0 Å². The van der Waals surface area contributed by atoms with E-state index >= 15 is 0 Å². The van der Waals surface area contributed by atoms with Crippen LogP contribution in [0.5, 0.6) is 5.75 Å². The van der Waals surface area contributed by atoms with Crippen molar-refractivity contribution in [3.8, 4) is 17.0 Å². The molecule has 1 aromatic heterocycles. The zero-order valence-corrected chi connectivity index (χ0v) is 10.7. The van der Waals surface area contributed by atoms with Gasteiger partial charge in [-0.1, -0.05) is 0 Å². The fourth-order valence-electron chi connectivity index (χ4n) is 1.59. The number of nitrogens with zero attached hydrogens (tertiary/aromatic N) is 2. The topological polar surface area (TPSA) is 53.1 Å². The van der Waals surface area contributed by atoms with E-state index in [1.165, 1.54) is 0 Å². The highest BCUT2D eigenvalue weighted by molar-refractivity contribution is 5.59. The number of benzene rings is 1. The van der Waals surface area contributed by atoms with Crippen LogP contribution >= 0.6 is 0 Å². The third-order valence-electron chi connectivity index (χ3n) is 2.70. The van der Waals surface area contributed by atoms with Crippen LogP contribution in [0.3, 0.4) is 0 Å². The normalized spacial score (nSPS) is 11.6. The van der Waals surface area contributed by atoms with E-state index < -0.39 is 0 Å². The minimum absolute atomic E-state index is 0.155. The molecule has 100 valence electrons. The maximum Gasteiger partial charge on any atom is 0.119 e. The summed E-state index contributed by atoms with van der Waals surface area (Å²) in [4.78, 5) is 4.26. The number of hydrogen-bond acceptors (Lipinski definition) is 3. The van der Waals surface area contributed by atoms with Crippen LogP contribution in [-0.2, 0) is 7.05 Å². The van der Waals surface area contributed by atoms with Crippen LogP contribution in [0.25, 0.3) is 11.3 Å². The first-order valence-electron chi connectivity index (χ1n) is 5.92. The highest BCUT2D eigenvalue weighted by Crippen LogP contribution is 2.20. The molecular formula is C14H16FN3O. The van der Waals surface area contributed by atoms with Crippen LogP contribution in [0.1, 0.15) is 0 Å². The molecule has 19 heavy (non-hydrogen) atoms. The fraction of sp³-hybridized carbons (Fsp3) is 0.214. The molecule has 0 bridgehead atoms. The molecule has 2 aromatic rings. The number of nitrogens with two attached hydrogens (primary N) is 1. The lowest BCUT2D eigenvalue weighted by atomic mass is 10.1. The zero-order valence-electron chi connectivity index (χ0n) is 10.7. The number of hydrogen-bond donors (Lipinski definition) is 1. The number of halogens is 1. The van der Waals surface area contributed by atoms with E-state index in [4.69, 9.17) is 10.5 Å². The van der Waals surface area contributed by atoms with Crippen LogP contribution in [0.4, 0.5) is 4.39 Å². The van der Waals surface area contributed by atoms with Gasteiger partial charge in [0.2, 0.25) is 0 Å². The van der Waals surface area contributed by atoms with Gasteiger partial charge >= 0.3 is 0 Å². The Morgan fingerprint density at radius 1 is 1.42 bits per heavy atom. The van der Waals surface area contributed by atoms with Crippen molar-refractivity contribution in [3.05, 3.63) is 48.7 Å². The summed E-state index contributed by atoms with van der Waals surface area (Å²) in [6, 6.07) is 7.49. The Hall–Kier alpha value is -2.14. The Morgan fingerprint density at radius 2 is 2.16 bits per heavy atom. The number of imidazole rings is 1. The molecule has 0 unspecified atom stereocenters. The molecule has 1 heterocycles. The lowest BCUT2D eigenvalue weighted by Gasteiger charge is -2.07. The molecule has 0 aliphatic rings. The summed E-state index contributed by atoms with van der Waals surface area (Å²) >= 11 is 0. The van der Waals surface area contributed by atoms with E-state index in [2.05, 4.69) is 4.98 Å². The van der Waals surface area contributed by atoms with Gasteiger partial charge in [0.05, 0.1) is 18.4 Å². The molecule has 0 atom stereocenters. The summed E-state index contributed by atoms with van der Waals surface area (Å²) in [7, 11) is 1.92. The van der Waals surface area contributed by atoms with E-state index in [1.807, 2.05) is 42.1 Å². The lowest BCUT2D eigenvalue weighted by Crippen LogP contribution is -2.10. The van der Waals surface area contributed by atoms with E-state index in [-0.39, 0.29) is 13.2 Å². The molecule has 2 rings (SSSR count). The number of ether oxygens (including phenoxy) is 1. The Bertz CT molecular complexity index is 560. The van der Waals surface area contributed by atoms with Gasteiger partial charge in [-0.05, 0) is 24.3 Å². The molecule has 0 saturated heterocycles. The standard InChI is InChI=1S/C14H16FN3O/c1-18-8-14(17-10-18)12-2-4-13(5-3-12)19-9-11(6-15)7-16/h2-6,8,10H,7,9,16H2,1H3/b11-6+. The molecule has 5 heteroatoms. The van der Waals surface area contributed by atoms with Gasteiger partial charge in [0.25, 0.3) is 0 Å². The number of aromatic nitrogens is 2. The third-order valence-corrected chi connectivity index (χ3v) is 2.70. The summed E-state index contributed by atoms with van der Waals surface area (Å²) in [6.45, 7) is 0.318. The van der Waals surface area contributed by atoms with E-state index in [1.54, 1.807) is 6.33 Å². The monoisotopic (exact) mass is 261 g/mol. The molecule has 4 nitrogen and oxygen atoms in total. The summed E-state index contributed by atoms with van der Waals surface area (Å²) in [5, 5.41) is 0. The van der Waals surface area contributed by atoms with E-state index in [0.717, 1.165) is 11.3 Å². The summed E-state index contributed by atoms with van der Waals surface area (Å²) in [5.41, 5.74) is 7.69. The maximum atomic E-state index is 12.3. The Kier molecular flexibility index (Phi) is 4.30. The van der Waals surface area contributed by atoms with Crippen LogP contribution in [0.15, 0.2) is 48.7 Å². The van der Waals surface area contributed by atoms with Crippen molar-refractivity contribution in [2.75, 3.05) is 13.2 Å². The predicted octanol–water partition coefficient (Wildman–Crippen LogP) is 2.28. The summed E-state index contributed by atoms with van der Waals surface area (Å²) < 4.78 is 19.6. The van der Waals surface area contributed by atoms with Crippen molar-refractivity contribution in [2.45, 2.75) is 0 Å². The van der Waals surface area contributed by atoms with Gasteiger partial charge in [-0.2, -0.15) is 0 Å². The first-order valence-corrected chi connectivity index (χ1v) is 5.92. The van der Waals surface area contributed by atoms with Crippen molar-refractivity contribution in [1.82, 2.24) is 9.55 Å². The zero-order chi connectivity index (χ0) is 13.7. The fourth-order valence-corrected chi connectivity index (χ4v) is 1.59. The molecule has 0 fully saturated rings. The molecule has 0 saturated carbocycles. The molecule has 0 radical (unpaired) electrons. The second-order valence-electron chi connectivity index (χ2n) is 4.21. The summed E-state index contributed by atoms with van der Waals surface area (Å²) in [6.07, 6.45) is 4.18. The van der Waals surface area contributed by atoms with Crippen molar-refractivity contribution < 1.29 is 9.13 Å². The third kappa shape index (κ3) is 3.42. The van der Waals surface area contributed by atoms with Gasteiger partial charge in [-0.25, -0.2) is 9.37 Å². The van der Waals surface area contributed by atoms with Gasteiger partial charge in [-0.3, -0.25) is 0 Å². The molecule has 1 aromatic carbocycles. The first-order chi connectivity index (χ1) is 9.22. The Balaban J connectivity index is 2.02. The first kappa shape index (κ1) is 13.3. The average Bonchev–Trinajstić information content (AvgIpc) is 2.87. The largest absolute Gasteiger partial charge is 0.489 e. The smallest absolute Gasteiger partial charge is 0.119 e. The van der Waals surface area contributed by atoms with Gasteiger partial charge in [0.1, 0.15) is 12.4 Å². The highest BCUT2D eigenvalue weighted by Gasteiger charge is 2.02. The van der Waals surface area contributed by atoms with Crippen LogP contribution in [0, 0.1) is 0 Å². The van der Waals surface area contributed by atoms with Crippen LogP contribution in [-0.4, -0.2) is 22.7 Å². The molecule has 2 N–H and O–H groups in total. The minimum atomic E-state index is 0.155. The highest BCUT2D eigenvalue weighted by atomic mass is 19.1. The van der Waals surface area contributed by atoms with Crippen LogP contribution in [0.2, 0.25) is 0 Å². The molecule has 0 aliphatic heterocycles.